The molecule has 2 atom stereocenters. The molecule has 2 fully saturated rings. The maximum atomic E-state index is 6.19. The van der Waals surface area contributed by atoms with Gasteiger partial charge in [-0.2, -0.15) is 0 Å². The molecule has 2 aliphatic heterocycles. The second-order valence-electron chi connectivity index (χ2n) is 7.97. The average molecular weight is 423 g/mol. The third kappa shape index (κ3) is 7.05. The molecular formula is C22H35ClN4O2. The first-order valence-corrected chi connectivity index (χ1v) is 11.2. The SMILES string of the molecule is CN=C(NCCCOCC1CCCO1)NCC1CCN(c2cc(Cl)ccc2C)C1. The summed E-state index contributed by atoms with van der Waals surface area (Å²) in [6.45, 7) is 8.39. The van der Waals surface area contributed by atoms with Gasteiger partial charge in [0.2, 0.25) is 0 Å². The summed E-state index contributed by atoms with van der Waals surface area (Å²) in [6, 6.07) is 6.13. The van der Waals surface area contributed by atoms with Crippen molar-refractivity contribution < 1.29 is 9.47 Å². The van der Waals surface area contributed by atoms with Crippen LogP contribution in [0.1, 0.15) is 31.2 Å². The second-order valence-corrected chi connectivity index (χ2v) is 8.41. The second kappa shape index (κ2) is 11.6. The van der Waals surface area contributed by atoms with Crippen LogP contribution in [0.4, 0.5) is 5.69 Å². The van der Waals surface area contributed by atoms with Gasteiger partial charge in [0.15, 0.2) is 5.96 Å². The van der Waals surface area contributed by atoms with Crippen molar-refractivity contribution in [3.8, 4) is 0 Å². The molecule has 0 aliphatic carbocycles. The van der Waals surface area contributed by atoms with Gasteiger partial charge >= 0.3 is 0 Å². The first-order chi connectivity index (χ1) is 14.2. The Labute approximate surface area is 180 Å². The number of aryl methyl sites for hydroxylation is 1. The standard InChI is InChI=1S/C22H35ClN4O2/c1-17-6-7-19(23)13-21(17)27-10-8-18(15-27)14-26-22(24-2)25-9-4-11-28-16-20-5-3-12-29-20/h6-7,13,18,20H,3-5,8-12,14-16H2,1-2H3,(H2,24,25,26). The number of guanidine groups is 1. The molecule has 0 saturated carbocycles. The number of halogens is 1. The van der Waals surface area contributed by atoms with Crippen LogP contribution in [-0.2, 0) is 9.47 Å². The van der Waals surface area contributed by atoms with E-state index in [9.17, 15) is 0 Å². The van der Waals surface area contributed by atoms with Crippen LogP contribution < -0.4 is 15.5 Å². The maximum Gasteiger partial charge on any atom is 0.190 e. The first kappa shape index (κ1) is 22.2. The molecule has 2 unspecified atom stereocenters. The fourth-order valence-electron chi connectivity index (χ4n) is 3.97. The third-order valence-corrected chi connectivity index (χ3v) is 5.90. The van der Waals surface area contributed by atoms with Crippen molar-refractivity contribution in [2.45, 2.75) is 38.7 Å². The van der Waals surface area contributed by atoms with Crippen molar-refractivity contribution in [1.29, 1.82) is 0 Å². The molecule has 2 heterocycles. The molecule has 0 radical (unpaired) electrons. The van der Waals surface area contributed by atoms with E-state index in [4.69, 9.17) is 21.1 Å². The van der Waals surface area contributed by atoms with Gasteiger partial charge in [0.25, 0.3) is 0 Å². The summed E-state index contributed by atoms with van der Waals surface area (Å²) in [5, 5.41) is 7.65. The van der Waals surface area contributed by atoms with Crippen LogP contribution in [0.25, 0.3) is 0 Å². The summed E-state index contributed by atoms with van der Waals surface area (Å²) < 4.78 is 11.3. The number of hydrogen-bond donors (Lipinski definition) is 2. The van der Waals surface area contributed by atoms with Gasteiger partial charge in [-0.05, 0) is 56.2 Å². The summed E-state index contributed by atoms with van der Waals surface area (Å²) in [5.74, 6) is 1.46. The van der Waals surface area contributed by atoms with E-state index >= 15 is 0 Å². The highest BCUT2D eigenvalue weighted by atomic mass is 35.5. The van der Waals surface area contributed by atoms with Crippen LogP contribution in [0.3, 0.4) is 0 Å². The lowest BCUT2D eigenvalue weighted by Crippen LogP contribution is -2.40. The van der Waals surface area contributed by atoms with E-state index in [-0.39, 0.29) is 0 Å². The van der Waals surface area contributed by atoms with Crippen molar-refractivity contribution in [2.75, 3.05) is 57.9 Å². The van der Waals surface area contributed by atoms with Gasteiger partial charge in [-0.25, -0.2) is 0 Å². The van der Waals surface area contributed by atoms with Crippen LogP contribution in [-0.4, -0.2) is 65.1 Å². The van der Waals surface area contributed by atoms with E-state index < -0.39 is 0 Å². The molecule has 0 bridgehead atoms. The monoisotopic (exact) mass is 422 g/mol. The molecule has 2 saturated heterocycles. The Morgan fingerprint density at radius 3 is 3.03 bits per heavy atom. The summed E-state index contributed by atoms with van der Waals surface area (Å²) in [7, 11) is 1.82. The highest BCUT2D eigenvalue weighted by molar-refractivity contribution is 6.30. The summed E-state index contributed by atoms with van der Waals surface area (Å²) >= 11 is 6.19. The molecule has 1 aromatic carbocycles. The maximum absolute atomic E-state index is 6.19. The fraction of sp³-hybridized carbons (Fsp3) is 0.682. The first-order valence-electron chi connectivity index (χ1n) is 10.8. The van der Waals surface area contributed by atoms with Crippen molar-refractivity contribution in [1.82, 2.24) is 10.6 Å². The Kier molecular flexibility index (Phi) is 8.90. The van der Waals surface area contributed by atoms with Gasteiger partial charge < -0.3 is 25.0 Å². The molecule has 3 rings (SSSR count). The number of aliphatic imine (C=N–C) groups is 1. The minimum atomic E-state index is 0.305. The minimum Gasteiger partial charge on any atom is -0.379 e. The lowest BCUT2D eigenvalue weighted by Gasteiger charge is -2.21. The van der Waals surface area contributed by atoms with E-state index in [2.05, 4.69) is 39.6 Å². The summed E-state index contributed by atoms with van der Waals surface area (Å²) in [6.07, 6.45) is 4.73. The minimum absolute atomic E-state index is 0.305. The van der Waals surface area contributed by atoms with E-state index in [1.807, 2.05) is 13.1 Å². The van der Waals surface area contributed by atoms with Crippen molar-refractivity contribution >= 4 is 23.2 Å². The molecule has 0 aromatic heterocycles. The lowest BCUT2D eigenvalue weighted by molar-refractivity contribution is 0.0168. The van der Waals surface area contributed by atoms with Gasteiger partial charge in [0.05, 0.1) is 12.7 Å². The quantitative estimate of drug-likeness (QED) is 0.363. The van der Waals surface area contributed by atoms with E-state index in [1.165, 1.54) is 17.7 Å². The van der Waals surface area contributed by atoms with Crippen LogP contribution in [0.15, 0.2) is 23.2 Å². The van der Waals surface area contributed by atoms with Crippen molar-refractivity contribution in [3.63, 3.8) is 0 Å². The van der Waals surface area contributed by atoms with E-state index in [0.717, 1.165) is 76.2 Å². The topological polar surface area (TPSA) is 58.1 Å². The van der Waals surface area contributed by atoms with Gasteiger partial charge in [-0.3, -0.25) is 4.99 Å². The highest BCUT2D eigenvalue weighted by Gasteiger charge is 2.24. The molecule has 7 heteroatoms. The summed E-state index contributed by atoms with van der Waals surface area (Å²) in [4.78, 5) is 6.77. The fourth-order valence-corrected chi connectivity index (χ4v) is 4.14. The molecule has 0 amide bonds. The van der Waals surface area contributed by atoms with Gasteiger partial charge in [-0.15, -0.1) is 0 Å². The Morgan fingerprint density at radius 1 is 1.34 bits per heavy atom. The van der Waals surface area contributed by atoms with Gasteiger partial charge in [0, 0.05) is 57.2 Å². The molecule has 0 spiro atoms. The van der Waals surface area contributed by atoms with Gasteiger partial charge in [0.1, 0.15) is 0 Å². The Hall–Kier alpha value is -1.50. The van der Waals surface area contributed by atoms with Crippen LogP contribution in [0.5, 0.6) is 0 Å². The van der Waals surface area contributed by atoms with Crippen molar-refractivity contribution in [2.24, 2.45) is 10.9 Å². The van der Waals surface area contributed by atoms with Crippen LogP contribution in [0.2, 0.25) is 5.02 Å². The van der Waals surface area contributed by atoms with Crippen LogP contribution >= 0.6 is 11.6 Å². The molecule has 6 nitrogen and oxygen atoms in total. The normalized spacial score (nSPS) is 22.3. The van der Waals surface area contributed by atoms with Gasteiger partial charge in [-0.1, -0.05) is 17.7 Å². The predicted molar refractivity (Wildman–Crippen MR) is 120 cm³/mol. The Balaban J connectivity index is 1.30. The number of nitrogens with one attached hydrogen (secondary N) is 2. The number of benzene rings is 1. The van der Waals surface area contributed by atoms with Crippen molar-refractivity contribution in [3.05, 3.63) is 28.8 Å². The Bertz CT molecular complexity index is 664. The number of hydrogen-bond acceptors (Lipinski definition) is 4. The zero-order valence-electron chi connectivity index (χ0n) is 17.8. The molecule has 2 aliphatic rings. The third-order valence-electron chi connectivity index (χ3n) is 5.67. The molecule has 1 aromatic rings. The zero-order chi connectivity index (χ0) is 20.5. The lowest BCUT2D eigenvalue weighted by atomic mass is 10.1. The Morgan fingerprint density at radius 2 is 2.24 bits per heavy atom. The largest absolute Gasteiger partial charge is 0.379 e. The number of rotatable bonds is 9. The number of ether oxygens (including phenoxy) is 2. The molecule has 29 heavy (non-hydrogen) atoms. The highest BCUT2D eigenvalue weighted by Crippen LogP contribution is 2.29. The molecule has 2 N–H and O–H groups in total. The van der Waals surface area contributed by atoms with Crippen LogP contribution in [0, 0.1) is 12.8 Å². The predicted octanol–water partition coefficient (Wildman–Crippen LogP) is 3.23. The molecular weight excluding hydrogens is 388 g/mol. The molecule has 162 valence electrons. The van der Waals surface area contributed by atoms with E-state index in [1.54, 1.807) is 0 Å². The zero-order valence-corrected chi connectivity index (χ0v) is 18.5. The average Bonchev–Trinajstić information content (AvgIpc) is 3.41. The summed E-state index contributed by atoms with van der Waals surface area (Å²) in [5.41, 5.74) is 2.53. The smallest absolute Gasteiger partial charge is 0.190 e. The van der Waals surface area contributed by atoms with E-state index in [0.29, 0.717) is 12.0 Å². The number of nitrogens with zero attached hydrogens (tertiary/aromatic N) is 2. The number of anilines is 1.